The Balaban J connectivity index is 1.13. The van der Waals surface area contributed by atoms with Crippen LogP contribution in [0.4, 0.5) is 5.00 Å². The zero-order chi connectivity index (χ0) is 26.3. The summed E-state index contributed by atoms with van der Waals surface area (Å²) in [6.45, 7) is 5.09. The molecule has 2 heterocycles. The lowest BCUT2D eigenvalue weighted by molar-refractivity contribution is -0.113. The molecule has 0 aliphatic heterocycles. The number of hydrogen-bond acceptors (Lipinski definition) is 7. The molecule has 5 aliphatic rings. The molecule has 0 spiro atoms. The van der Waals surface area contributed by atoms with E-state index in [-0.39, 0.29) is 17.6 Å². The van der Waals surface area contributed by atoms with Crippen LogP contribution in [0.5, 0.6) is 0 Å². The highest BCUT2D eigenvalue weighted by molar-refractivity contribution is 7.99. The fraction of sp³-hybridized carbons (Fsp3) is 0.724. The second kappa shape index (κ2) is 11.0. The van der Waals surface area contributed by atoms with Gasteiger partial charge in [-0.15, -0.1) is 21.5 Å². The Bertz CT molecular complexity index is 1170. The zero-order valence-corrected chi connectivity index (χ0v) is 24.4. The summed E-state index contributed by atoms with van der Waals surface area (Å²) in [5.41, 5.74) is 2.06. The predicted molar refractivity (Wildman–Crippen MR) is 151 cm³/mol. The Labute approximate surface area is 233 Å². The van der Waals surface area contributed by atoms with E-state index < -0.39 is 0 Å². The van der Waals surface area contributed by atoms with Crippen LogP contribution in [-0.4, -0.2) is 39.0 Å². The summed E-state index contributed by atoms with van der Waals surface area (Å²) in [6.07, 6.45) is 14.6. The number of nitrogens with one attached hydrogen (secondary N) is 1. The highest BCUT2D eigenvalue weighted by Gasteiger charge is 2.51. The van der Waals surface area contributed by atoms with Gasteiger partial charge < -0.3 is 14.6 Å². The first-order valence-electron chi connectivity index (χ1n) is 14.6. The van der Waals surface area contributed by atoms with Crippen LogP contribution in [0.3, 0.4) is 0 Å². The SMILES string of the molecule is CCOC(=O)c1c(NC(=O)CSc2nnc(CC34CC5CC(CC(C5)C3)C4)n2CC)sc2c1CCCCC2. The number of anilines is 1. The van der Waals surface area contributed by atoms with Crippen molar-refractivity contribution in [1.29, 1.82) is 0 Å². The minimum absolute atomic E-state index is 0.120. The minimum Gasteiger partial charge on any atom is -0.462 e. The van der Waals surface area contributed by atoms with Crippen molar-refractivity contribution < 1.29 is 14.3 Å². The van der Waals surface area contributed by atoms with E-state index in [0.717, 1.165) is 72.9 Å². The maximum atomic E-state index is 13.1. The average Bonchev–Trinajstić information content (AvgIpc) is 3.32. The van der Waals surface area contributed by atoms with Gasteiger partial charge >= 0.3 is 5.97 Å². The molecule has 0 aromatic carbocycles. The molecule has 9 heteroatoms. The molecule has 4 bridgehead atoms. The van der Waals surface area contributed by atoms with Crippen molar-refractivity contribution in [3.8, 4) is 0 Å². The van der Waals surface area contributed by atoms with Gasteiger partial charge in [-0.2, -0.15) is 0 Å². The minimum atomic E-state index is -0.324. The fourth-order valence-electron chi connectivity index (χ4n) is 8.26. The number of carbonyl (C=O) groups is 2. The summed E-state index contributed by atoms with van der Waals surface area (Å²) in [7, 11) is 0. The number of nitrogens with zero attached hydrogens (tertiary/aromatic N) is 3. The van der Waals surface area contributed by atoms with Crippen molar-refractivity contribution in [3.63, 3.8) is 0 Å². The molecule has 0 atom stereocenters. The van der Waals surface area contributed by atoms with E-state index in [4.69, 9.17) is 4.74 Å². The van der Waals surface area contributed by atoms with Crippen LogP contribution in [0.1, 0.15) is 98.3 Å². The van der Waals surface area contributed by atoms with Crippen molar-refractivity contribution in [2.24, 2.45) is 23.2 Å². The highest BCUT2D eigenvalue weighted by Crippen LogP contribution is 2.61. The van der Waals surface area contributed by atoms with Gasteiger partial charge in [0.1, 0.15) is 10.8 Å². The Kier molecular flexibility index (Phi) is 7.60. The molecule has 7 nitrogen and oxygen atoms in total. The summed E-state index contributed by atoms with van der Waals surface area (Å²) < 4.78 is 7.58. The van der Waals surface area contributed by atoms with Crippen LogP contribution >= 0.6 is 23.1 Å². The zero-order valence-electron chi connectivity index (χ0n) is 22.7. The number of fused-ring (bicyclic) bond motifs is 1. The van der Waals surface area contributed by atoms with E-state index in [1.807, 2.05) is 6.92 Å². The average molecular weight is 557 g/mol. The van der Waals surface area contributed by atoms with Gasteiger partial charge in [-0.05, 0) is 107 Å². The van der Waals surface area contributed by atoms with Gasteiger partial charge in [0.05, 0.1) is 17.9 Å². The Morgan fingerprint density at radius 1 is 1.05 bits per heavy atom. The van der Waals surface area contributed by atoms with Gasteiger partial charge in [0.2, 0.25) is 5.91 Å². The Morgan fingerprint density at radius 3 is 2.45 bits per heavy atom. The maximum absolute atomic E-state index is 13.1. The third kappa shape index (κ3) is 5.17. The Morgan fingerprint density at radius 2 is 1.76 bits per heavy atom. The monoisotopic (exact) mass is 556 g/mol. The van der Waals surface area contributed by atoms with Crippen LogP contribution in [0.15, 0.2) is 5.16 Å². The van der Waals surface area contributed by atoms with Crippen molar-refractivity contribution in [2.45, 2.75) is 103 Å². The van der Waals surface area contributed by atoms with Gasteiger partial charge in [0.15, 0.2) is 5.16 Å². The van der Waals surface area contributed by atoms with Crippen LogP contribution < -0.4 is 5.32 Å². The molecule has 0 unspecified atom stereocenters. The van der Waals surface area contributed by atoms with Gasteiger partial charge in [0.25, 0.3) is 0 Å². The molecule has 0 radical (unpaired) electrons. The number of esters is 1. The smallest absolute Gasteiger partial charge is 0.341 e. The number of thiophene rings is 1. The third-order valence-corrected chi connectivity index (χ3v) is 11.5. The van der Waals surface area contributed by atoms with E-state index in [1.165, 1.54) is 61.6 Å². The first-order valence-corrected chi connectivity index (χ1v) is 16.4. The first-order chi connectivity index (χ1) is 18.5. The molecular weight excluding hydrogens is 516 g/mol. The molecule has 5 aliphatic carbocycles. The number of carbonyl (C=O) groups excluding carboxylic acids is 2. The van der Waals surface area contributed by atoms with E-state index in [1.54, 1.807) is 11.3 Å². The van der Waals surface area contributed by atoms with Crippen molar-refractivity contribution >= 4 is 40.0 Å². The normalized spacial score (nSPS) is 27.7. The number of rotatable bonds is 9. The number of ether oxygens (including phenoxy) is 1. The number of aromatic nitrogens is 3. The van der Waals surface area contributed by atoms with Crippen LogP contribution in [0.2, 0.25) is 0 Å². The Hall–Kier alpha value is -1.87. The molecule has 0 saturated heterocycles. The summed E-state index contributed by atoms with van der Waals surface area (Å²) >= 11 is 2.99. The fourth-order valence-corrected chi connectivity index (χ4v) is 10.4. The largest absolute Gasteiger partial charge is 0.462 e. The molecule has 206 valence electrons. The summed E-state index contributed by atoms with van der Waals surface area (Å²) in [4.78, 5) is 27.1. The third-order valence-electron chi connectivity index (χ3n) is 9.29. The van der Waals surface area contributed by atoms with Crippen molar-refractivity contribution in [2.75, 3.05) is 17.7 Å². The number of thioether (sulfide) groups is 1. The molecule has 1 amide bonds. The van der Waals surface area contributed by atoms with E-state index in [0.29, 0.717) is 22.6 Å². The van der Waals surface area contributed by atoms with E-state index >= 15 is 0 Å². The molecule has 4 saturated carbocycles. The van der Waals surface area contributed by atoms with Gasteiger partial charge in [-0.3, -0.25) is 4.79 Å². The number of hydrogen-bond donors (Lipinski definition) is 1. The lowest BCUT2D eigenvalue weighted by Crippen LogP contribution is -2.47. The molecule has 1 N–H and O–H groups in total. The number of amides is 1. The van der Waals surface area contributed by atoms with Crippen molar-refractivity contribution in [1.82, 2.24) is 14.8 Å². The van der Waals surface area contributed by atoms with E-state index in [2.05, 4.69) is 27.0 Å². The summed E-state index contributed by atoms with van der Waals surface area (Å²) in [5.74, 6) is 3.64. The summed E-state index contributed by atoms with van der Waals surface area (Å²) in [6, 6.07) is 0. The van der Waals surface area contributed by atoms with Gasteiger partial charge in [-0.1, -0.05) is 18.2 Å². The van der Waals surface area contributed by atoms with Gasteiger partial charge in [0, 0.05) is 17.8 Å². The van der Waals surface area contributed by atoms with Crippen LogP contribution in [0.25, 0.3) is 0 Å². The molecule has 2 aromatic heterocycles. The van der Waals surface area contributed by atoms with E-state index in [9.17, 15) is 9.59 Å². The lowest BCUT2D eigenvalue weighted by Gasteiger charge is -2.56. The highest BCUT2D eigenvalue weighted by atomic mass is 32.2. The summed E-state index contributed by atoms with van der Waals surface area (Å²) in [5, 5.41) is 13.7. The van der Waals surface area contributed by atoms with Crippen molar-refractivity contribution in [3.05, 3.63) is 21.8 Å². The number of aryl methyl sites for hydroxylation is 1. The predicted octanol–water partition coefficient (Wildman–Crippen LogP) is 6.29. The van der Waals surface area contributed by atoms with Crippen LogP contribution in [-0.2, 0) is 35.3 Å². The lowest BCUT2D eigenvalue weighted by atomic mass is 9.49. The quantitative estimate of drug-likeness (QED) is 0.222. The van der Waals surface area contributed by atoms with Crippen LogP contribution in [0, 0.1) is 23.2 Å². The first kappa shape index (κ1) is 26.4. The molecule has 2 aromatic rings. The standard InChI is InChI=1S/C29H40N4O3S2/c1-3-33-23(16-29-13-18-10-19(14-29)12-20(11-18)15-29)31-32-28(33)37-17-24(34)30-26-25(27(35)36-4-2)21-8-6-5-7-9-22(21)38-26/h18-20H,3-17H2,1-2H3,(H,30,34). The topological polar surface area (TPSA) is 86.1 Å². The molecule has 4 fully saturated rings. The van der Waals surface area contributed by atoms with Gasteiger partial charge in [-0.25, -0.2) is 4.79 Å². The molecular formula is C29H40N4O3S2. The second-order valence-electron chi connectivity index (χ2n) is 12.1. The second-order valence-corrected chi connectivity index (χ2v) is 14.1. The molecule has 7 rings (SSSR count). The maximum Gasteiger partial charge on any atom is 0.341 e. The molecule has 38 heavy (non-hydrogen) atoms.